The molecular formula is C15H21BrN2O3. The van der Waals surface area contributed by atoms with Gasteiger partial charge in [0.05, 0.1) is 23.9 Å². The van der Waals surface area contributed by atoms with Crippen LogP contribution in [0, 0.1) is 5.41 Å². The highest BCUT2D eigenvalue weighted by Crippen LogP contribution is 2.25. The van der Waals surface area contributed by atoms with Gasteiger partial charge in [-0.2, -0.15) is 0 Å². The van der Waals surface area contributed by atoms with Gasteiger partial charge in [0.25, 0.3) is 0 Å². The van der Waals surface area contributed by atoms with Crippen LogP contribution in [0.5, 0.6) is 0 Å². The second-order valence-electron chi connectivity index (χ2n) is 5.75. The van der Waals surface area contributed by atoms with E-state index in [4.69, 9.17) is 10.5 Å². The fraction of sp³-hybridized carbons (Fsp3) is 0.467. The van der Waals surface area contributed by atoms with Gasteiger partial charge in [0.2, 0.25) is 5.91 Å². The van der Waals surface area contributed by atoms with E-state index in [0.29, 0.717) is 22.3 Å². The van der Waals surface area contributed by atoms with Gasteiger partial charge in [0.15, 0.2) is 0 Å². The molecule has 1 amide bonds. The van der Waals surface area contributed by atoms with Crippen molar-refractivity contribution in [3.05, 3.63) is 28.2 Å². The van der Waals surface area contributed by atoms with Crippen molar-refractivity contribution in [1.29, 1.82) is 0 Å². The summed E-state index contributed by atoms with van der Waals surface area (Å²) in [6.45, 7) is 7.76. The first kappa shape index (κ1) is 17.7. The van der Waals surface area contributed by atoms with Crippen LogP contribution in [0.4, 0.5) is 5.69 Å². The number of anilines is 1. The summed E-state index contributed by atoms with van der Waals surface area (Å²) in [5, 5.41) is 2.75. The number of benzene rings is 1. The lowest BCUT2D eigenvalue weighted by atomic mass is 9.87. The summed E-state index contributed by atoms with van der Waals surface area (Å²) in [4.78, 5) is 23.7. The number of hydrogen-bond acceptors (Lipinski definition) is 4. The minimum absolute atomic E-state index is 0.271. The molecule has 0 spiro atoms. The highest BCUT2D eigenvalue weighted by Gasteiger charge is 2.27. The van der Waals surface area contributed by atoms with Gasteiger partial charge < -0.3 is 15.8 Å². The number of carbonyl (C=O) groups is 2. The van der Waals surface area contributed by atoms with Crippen LogP contribution in [0.25, 0.3) is 0 Å². The van der Waals surface area contributed by atoms with Gasteiger partial charge in [-0.1, -0.05) is 20.8 Å². The van der Waals surface area contributed by atoms with Crippen molar-refractivity contribution in [3.8, 4) is 0 Å². The predicted octanol–water partition coefficient (Wildman–Crippen LogP) is 2.94. The Kier molecular flexibility index (Phi) is 5.92. The van der Waals surface area contributed by atoms with Gasteiger partial charge in [-0.05, 0) is 46.5 Å². The largest absolute Gasteiger partial charge is 0.462 e. The zero-order valence-corrected chi connectivity index (χ0v) is 14.3. The molecule has 0 aromatic heterocycles. The molecule has 116 valence electrons. The molecule has 1 aromatic rings. The molecule has 1 rings (SSSR count). The third kappa shape index (κ3) is 4.82. The quantitative estimate of drug-likeness (QED) is 0.812. The summed E-state index contributed by atoms with van der Waals surface area (Å²) in [5.74, 6) is -0.672. The van der Waals surface area contributed by atoms with Gasteiger partial charge in [-0.25, -0.2) is 4.79 Å². The molecule has 21 heavy (non-hydrogen) atoms. The van der Waals surface area contributed by atoms with Crippen LogP contribution in [-0.2, 0) is 9.53 Å². The maximum atomic E-state index is 12.1. The fourth-order valence-electron chi connectivity index (χ4n) is 1.56. The second kappa shape index (κ2) is 7.04. The normalized spacial score (nSPS) is 12.7. The first-order valence-electron chi connectivity index (χ1n) is 6.70. The third-order valence-corrected chi connectivity index (χ3v) is 3.61. The van der Waals surface area contributed by atoms with Crippen LogP contribution in [-0.4, -0.2) is 24.5 Å². The maximum absolute atomic E-state index is 12.1. The summed E-state index contributed by atoms with van der Waals surface area (Å²) in [7, 11) is 0. The number of carbonyl (C=O) groups excluding carboxylic acids is 2. The number of nitrogens with two attached hydrogens (primary N) is 1. The zero-order valence-electron chi connectivity index (χ0n) is 12.7. The van der Waals surface area contributed by atoms with Crippen LogP contribution >= 0.6 is 15.9 Å². The van der Waals surface area contributed by atoms with Gasteiger partial charge in [-0.3, -0.25) is 4.79 Å². The molecule has 5 nitrogen and oxygen atoms in total. The Morgan fingerprint density at radius 1 is 1.38 bits per heavy atom. The van der Waals surface area contributed by atoms with Crippen LogP contribution < -0.4 is 11.1 Å². The zero-order chi connectivity index (χ0) is 16.2. The van der Waals surface area contributed by atoms with E-state index in [1.807, 2.05) is 20.8 Å². The molecule has 1 aromatic carbocycles. The van der Waals surface area contributed by atoms with E-state index in [-0.39, 0.29) is 11.3 Å². The SMILES string of the molecule is CCOC(=O)c1ccc(NC(=O)[C@@H](N)C(C)(C)C)c(Br)c1. The molecule has 1 atom stereocenters. The van der Waals surface area contributed by atoms with Crippen LogP contribution in [0.15, 0.2) is 22.7 Å². The van der Waals surface area contributed by atoms with E-state index in [0.717, 1.165) is 0 Å². The molecule has 3 N–H and O–H groups in total. The van der Waals surface area contributed by atoms with Gasteiger partial charge >= 0.3 is 5.97 Å². The Bertz CT molecular complexity index is 538. The van der Waals surface area contributed by atoms with E-state index in [2.05, 4.69) is 21.2 Å². The highest BCUT2D eigenvalue weighted by atomic mass is 79.9. The van der Waals surface area contributed by atoms with Gasteiger partial charge in [0.1, 0.15) is 0 Å². The van der Waals surface area contributed by atoms with Crippen molar-refractivity contribution in [2.75, 3.05) is 11.9 Å². The van der Waals surface area contributed by atoms with Gasteiger partial charge in [0, 0.05) is 4.47 Å². The first-order chi connectivity index (χ1) is 9.66. The molecule has 0 fully saturated rings. The Balaban J connectivity index is 2.87. The Morgan fingerprint density at radius 2 is 2.00 bits per heavy atom. The summed E-state index contributed by atoms with van der Waals surface area (Å²) in [5.41, 5.74) is 6.56. The Morgan fingerprint density at radius 3 is 2.48 bits per heavy atom. The van der Waals surface area contributed by atoms with Crippen molar-refractivity contribution in [2.24, 2.45) is 11.1 Å². The van der Waals surface area contributed by atoms with E-state index in [9.17, 15) is 9.59 Å². The standard InChI is InChI=1S/C15H21BrN2O3/c1-5-21-14(20)9-6-7-11(10(16)8-9)18-13(19)12(17)15(2,3)4/h6-8,12H,5,17H2,1-4H3,(H,18,19)/t12-/m1/s1. The Hall–Kier alpha value is -1.40. The van der Waals surface area contributed by atoms with E-state index < -0.39 is 12.0 Å². The van der Waals surface area contributed by atoms with Crippen molar-refractivity contribution in [1.82, 2.24) is 0 Å². The van der Waals surface area contributed by atoms with Crippen LogP contribution in [0.1, 0.15) is 38.1 Å². The molecule has 0 heterocycles. The maximum Gasteiger partial charge on any atom is 0.338 e. The molecule has 0 bridgehead atoms. The number of nitrogens with one attached hydrogen (secondary N) is 1. The molecule has 0 saturated heterocycles. The summed E-state index contributed by atoms with van der Waals surface area (Å²) >= 11 is 3.33. The lowest BCUT2D eigenvalue weighted by molar-refractivity contribution is -0.119. The average Bonchev–Trinajstić information content (AvgIpc) is 2.39. The number of amides is 1. The predicted molar refractivity (Wildman–Crippen MR) is 86.2 cm³/mol. The van der Waals surface area contributed by atoms with Gasteiger partial charge in [-0.15, -0.1) is 0 Å². The summed E-state index contributed by atoms with van der Waals surface area (Å²) in [6.07, 6.45) is 0. The second-order valence-corrected chi connectivity index (χ2v) is 6.60. The lowest BCUT2D eigenvalue weighted by Gasteiger charge is -2.26. The number of esters is 1. The van der Waals surface area contributed by atoms with E-state index >= 15 is 0 Å². The molecule has 0 aliphatic heterocycles. The van der Waals surface area contributed by atoms with Crippen LogP contribution in [0.2, 0.25) is 0 Å². The molecule has 0 saturated carbocycles. The highest BCUT2D eigenvalue weighted by molar-refractivity contribution is 9.10. The smallest absolute Gasteiger partial charge is 0.338 e. The third-order valence-electron chi connectivity index (χ3n) is 2.95. The minimum atomic E-state index is -0.630. The van der Waals surface area contributed by atoms with Crippen molar-refractivity contribution >= 4 is 33.5 Å². The van der Waals surface area contributed by atoms with Crippen molar-refractivity contribution < 1.29 is 14.3 Å². The molecule has 0 aliphatic carbocycles. The molecule has 0 radical (unpaired) electrons. The number of halogens is 1. The summed E-state index contributed by atoms with van der Waals surface area (Å²) < 4.78 is 5.52. The van der Waals surface area contributed by atoms with Crippen molar-refractivity contribution in [2.45, 2.75) is 33.7 Å². The molecule has 6 heteroatoms. The monoisotopic (exact) mass is 356 g/mol. The van der Waals surface area contributed by atoms with E-state index in [1.54, 1.807) is 25.1 Å². The fourth-order valence-corrected chi connectivity index (χ4v) is 2.04. The van der Waals surface area contributed by atoms with E-state index in [1.165, 1.54) is 0 Å². The molecule has 0 unspecified atom stereocenters. The van der Waals surface area contributed by atoms with Crippen molar-refractivity contribution in [3.63, 3.8) is 0 Å². The van der Waals surface area contributed by atoms with Crippen LogP contribution in [0.3, 0.4) is 0 Å². The number of hydrogen-bond donors (Lipinski definition) is 2. The summed E-state index contributed by atoms with van der Waals surface area (Å²) in [6, 6.07) is 4.22. The first-order valence-corrected chi connectivity index (χ1v) is 7.49. The molecular weight excluding hydrogens is 336 g/mol. The molecule has 0 aliphatic rings. The lowest BCUT2D eigenvalue weighted by Crippen LogP contribution is -2.45. The number of rotatable bonds is 4. The Labute approximate surface area is 133 Å². The minimum Gasteiger partial charge on any atom is -0.462 e. The average molecular weight is 357 g/mol. The number of ether oxygens (including phenoxy) is 1. The topological polar surface area (TPSA) is 81.4 Å².